The summed E-state index contributed by atoms with van der Waals surface area (Å²) in [6.45, 7) is 11.4. The van der Waals surface area contributed by atoms with E-state index in [-0.39, 0.29) is 11.0 Å². The summed E-state index contributed by atoms with van der Waals surface area (Å²) in [5, 5.41) is 0. The van der Waals surface area contributed by atoms with Crippen molar-refractivity contribution in [1.82, 2.24) is 4.98 Å². The van der Waals surface area contributed by atoms with Crippen molar-refractivity contribution in [2.24, 2.45) is 5.41 Å². The van der Waals surface area contributed by atoms with Crippen molar-refractivity contribution in [3.63, 3.8) is 0 Å². The highest BCUT2D eigenvalue weighted by Gasteiger charge is 2.40. The van der Waals surface area contributed by atoms with Gasteiger partial charge in [0.15, 0.2) is 0 Å². The summed E-state index contributed by atoms with van der Waals surface area (Å²) < 4.78 is 5.92. The molecule has 0 N–H and O–H groups in total. The fourth-order valence-electron chi connectivity index (χ4n) is 1.61. The predicted molar refractivity (Wildman–Crippen MR) is 62.7 cm³/mol. The zero-order valence-electron chi connectivity index (χ0n) is 10.4. The largest absolute Gasteiger partial charge is 0.369 e. The highest BCUT2D eigenvalue weighted by Crippen LogP contribution is 2.41. The SMILES string of the molecule is CCOC(C)(c1ccccn1)C(C)(C)C. The van der Waals surface area contributed by atoms with Crippen LogP contribution in [-0.4, -0.2) is 11.6 Å². The van der Waals surface area contributed by atoms with Gasteiger partial charge in [-0.3, -0.25) is 4.98 Å². The minimum absolute atomic E-state index is 0.0252. The fourth-order valence-corrected chi connectivity index (χ4v) is 1.61. The Morgan fingerprint density at radius 3 is 2.27 bits per heavy atom. The second-order valence-electron chi connectivity index (χ2n) is 4.93. The van der Waals surface area contributed by atoms with Crippen LogP contribution in [0.25, 0.3) is 0 Å². The Labute approximate surface area is 92.7 Å². The number of pyridine rings is 1. The van der Waals surface area contributed by atoms with Crippen molar-refractivity contribution in [3.8, 4) is 0 Å². The van der Waals surface area contributed by atoms with Gasteiger partial charge in [-0.05, 0) is 31.4 Å². The lowest BCUT2D eigenvalue weighted by Gasteiger charge is -2.41. The Kier molecular flexibility index (Phi) is 3.50. The van der Waals surface area contributed by atoms with Crippen LogP contribution in [0, 0.1) is 5.41 Å². The Hall–Kier alpha value is -0.890. The van der Waals surface area contributed by atoms with E-state index in [9.17, 15) is 0 Å². The van der Waals surface area contributed by atoms with Crippen molar-refractivity contribution >= 4 is 0 Å². The second kappa shape index (κ2) is 4.31. The van der Waals surface area contributed by atoms with Crippen LogP contribution < -0.4 is 0 Å². The van der Waals surface area contributed by atoms with E-state index in [2.05, 4.69) is 32.7 Å². The lowest BCUT2D eigenvalue weighted by Crippen LogP contribution is -2.40. The molecular weight excluding hydrogens is 186 g/mol. The van der Waals surface area contributed by atoms with Gasteiger partial charge in [-0.2, -0.15) is 0 Å². The molecule has 1 unspecified atom stereocenters. The summed E-state index contributed by atoms with van der Waals surface area (Å²) >= 11 is 0. The molecule has 0 aromatic carbocycles. The molecule has 0 saturated carbocycles. The molecule has 1 heterocycles. The first-order valence-corrected chi connectivity index (χ1v) is 5.47. The zero-order valence-corrected chi connectivity index (χ0v) is 10.4. The lowest BCUT2D eigenvalue weighted by molar-refractivity contribution is -0.109. The molecule has 1 atom stereocenters. The van der Waals surface area contributed by atoms with Crippen LogP contribution in [0.3, 0.4) is 0 Å². The van der Waals surface area contributed by atoms with E-state index in [0.29, 0.717) is 6.61 Å². The van der Waals surface area contributed by atoms with E-state index in [1.165, 1.54) is 0 Å². The standard InChI is InChI=1S/C13H21NO/c1-6-15-13(5,12(2,3)4)11-9-7-8-10-14-11/h7-10H,6H2,1-5H3. The van der Waals surface area contributed by atoms with E-state index in [1.807, 2.05) is 31.3 Å². The minimum Gasteiger partial charge on any atom is -0.369 e. The lowest BCUT2D eigenvalue weighted by atomic mass is 9.75. The first kappa shape index (κ1) is 12.2. The van der Waals surface area contributed by atoms with Gasteiger partial charge in [0.05, 0.1) is 5.69 Å². The van der Waals surface area contributed by atoms with Crippen molar-refractivity contribution in [2.75, 3.05) is 6.61 Å². The van der Waals surface area contributed by atoms with Crippen molar-refractivity contribution in [3.05, 3.63) is 30.1 Å². The summed E-state index contributed by atoms with van der Waals surface area (Å²) in [6, 6.07) is 5.96. The van der Waals surface area contributed by atoms with Gasteiger partial charge in [-0.25, -0.2) is 0 Å². The molecule has 0 amide bonds. The number of nitrogens with zero attached hydrogens (tertiary/aromatic N) is 1. The molecule has 0 saturated heterocycles. The van der Waals surface area contributed by atoms with Crippen LogP contribution in [-0.2, 0) is 10.3 Å². The summed E-state index contributed by atoms with van der Waals surface area (Å²) in [5.74, 6) is 0. The molecule has 2 nitrogen and oxygen atoms in total. The summed E-state index contributed by atoms with van der Waals surface area (Å²) in [6.07, 6.45) is 1.82. The molecule has 1 aromatic rings. The third kappa shape index (κ3) is 2.37. The first-order valence-electron chi connectivity index (χ1n) is 5.47. The van der Waals surface area contributed by atoms with Crippen molar-refractivity contribution in [2.45, 2.75) is 40.2 Å². The van der Waals surface area contributed by atoms with Crippen molar-refractivity contribution < 1.29 is 4.74 Å². The molecule has 0 spiro atoms. The molecule has 0 aliphatic carbocycles. The van der Waals surface area contributed by atoms with E-state index >= 15 is 0 Å². The summed E-state index contributed by atoms with van der Waals surface area (Å²) in [5.41, 5.74) is 0.694. The number of rotatable bonds is 3. The maximum atomic E-state index is 5.92. The van der Waals surface area contributed by atoms with Crippen molar-refractivity contribution in [1.29, 1.82) is 0 Å². The Morgan fingerprint density at radius 2 is 1.87 bits per heavy atom. The number of ether oxygens (including phenoxy) is 1. The Bertz CT molecular complexity index is 302. The normalized spacial score (nSPS) is 16.1. The molecule has 2 heteroatoms. The molecule has 1 aromatic heterocycles. The Morgan fingerprint density at radius 1 is 1.20 bits per heavy atom. The smallest absolute Gasteiger partial charge is 0.112 e. The van der Waals surface area contributed by atoms with E-state index in [0.717, 1.165) is 5.69 Å². The van der Waals surface area contributed by atoms with Crippen LogP contribution in [0.5, 0.6) is 0 Å². The number of hydrogen-bond donors (Lipinski definition) is 0. The molecule has 0 bridgehead atoms. The van der Waals surface area contributed by atoms with Gasteiger partial charge in [0.1, 0.15) is 5.60 Å². The quantitative estimate of drug-likeness (QED) is 0.758. The van der Waals surface area contributed by atoms with Gasteiger partial charge >= 0.3 is 0 Å². The monoisotopic (exact) mass is 207 g/mol. The zero-order chi connectivity index (χ0) is 11.5. The third-order valence-electron chi connectivity index (χ3n) is 3.02. The third-order valence-corrected chi connectivity index (χ3v) is 3.02. The molecule has 1 rings (SSSR count). The molecular formula is C13H21NO. The van der Waals surface area contributed by atoms with Gasteiger partial charge in [-0.1, -0.05) is 26.8 Å². The van der Waals surface area contributed by atoms with E-state index in [4.69, 9.17) is 4.74 Å². The number of hydrogen-bond acceptors (Lipinski definition) is 2. The van der Waals surface area contributed by atoms with Crippen LogP contribution in [0.4, 0.5) is 0 Å². The molecule has 0 aliphatic heterocycles. The molecule has 84 valence electrons. The molecule has 0 fully saturated rings. The van der Waals surface area contributed by atoms with Gasteiger partial charge in [0.25, 0.3) is 0 Å². The van der Waals surface area contributed by atoms with Crippen LogP contribution in [0.1, 0.15) is 40.3 Å². The fraction of sp³-hybridized carbons (Fsp3) is 0.615. The average molecular weight is 207 g/mol. The van der Waals surface area contributed by atoms with Crippen LogP contribution >= 0.6 is 0 Å². The summed E-state index contributed by atoms with van der Waals surface area (Å²) in [7, 11) is 0. The maximum absolute atomic E-state index is 5.92. The minimum atomic E-state index is -0.330. The van der Waals surface area contributed by atoms with Gasteiger partial charge in [0.2, 0.25) is 0 Å². The van der Waals surface area contributed by atoms with E-state index in [1.54, 1.807) is 0 Å². The maximum Gasteiger partial charge on any atom is 0.112 e. The van der Waals surface area contributed by atoms with Gasteiger partial charge in [0, 0.05) is 12.8 Å². The highest BCUT2D eigenvalue weighted by molar-refractivity contribution is 5.15. The number of aromatic nitrogens is 1. The second-order valence-corrected chi connectivity index (χ2v) is 4.93. The highest BCUT2D eigenvalue weighted by atomic mass is 16.5. The van der Waals surface area contributed by atoms with E-state index < -0.39 is 0 Å². The Balaban J connectivity index is 3.13. The first-order chi connectivity index (χ1) is 6.92. The van der Waals surface area contributed by atoms with Crippen LogP contribution in [0.2, 0.25) is 0 Å². The van der Waals surface area contributed by atoms with Crippen LogP contribution in [0.15, 0.2) is 24.4 Å². The average Bonchev–Trinajstić information content (AvgIpc) is 2.18. The molecule has 0 aliphatic rings. The topological polar surface area (TPSA) is 22.1 Å². The molecule has 0 radical (unpaired) electrons. The van der Waals surface area contributed by atoms with Gasteiger partial charge < -0.3 is 4.74 Å². The van der Waals surface area contributed by atoms with Gasteiger partial charge in [-0.15, -0.1) is 0 Å². The molecule has 15 heavy (non-hydrogen) atoms. The summed E-state index contributed by atoms with van der Waals surface area (Å²) in [4.78, 5) is 4.41. The predicted octanol–water partition coefficient (Wildman–Crippen LogP) is 3.38.